The Morgan fingerprint density at radius 2 is 1.69 bits per heavy atom. The SMILES string of the molecule is COc1ccc(CCN2C(=S)N(c3ccccc3)C(=O)C2CC(=O)Nc2ccc(I)cc2)cc1OC. The summed E-state index contributed by atoms with van der Waals surface area (Å²) in [6.45, 7) is 0.463. The summed E-state index contributed by atoms with van der Waals surface area (Å²) >= 11 is 7.96. The number of methoxy groups -OCH3 is 2. The molecule has 0 spiro atoms. The second-order valence-electron chi connectivity index (χ2n) is 8.20. The third-order valence-corrected chi connectivity index (χ3v) is 7.07. The van der Waals surface area contributed by atoms with Crippen LogP contribution in [0.1, 0.15) is 12.0 Å². The summed E-state index contributed by atoms with van der Waals surface area (Å²) in [4.78, 5) is 29.8. The number of amides is 2. The topological polar surface area (TPSA) is 71.1 Å². The highest BCUT2D eigenvalue weighted by atomic mass is 127. The first-order valence-corrected chi connectivity index (χ1v) is 12.9. The lowest BCUT2D eigenvalue weighted by Gasteiger charge is -2.24. The lowest BCUT2D eigenvalue weighted by Crippen LogP contribution is -2.39. The maximum Gasteiger partial charge on any atom is 0.256 e. The highest BCUT2D eigenvalue weighted by Gasteiger charge is 2.43. The molecule has 1 fully saturated rings. The van der Waals surface area contributed by atoms with Crippen LogP contribution in [0.5, 0.6) is 11.5 Å². The molecule has 3 aromatic carbocycles. The molecule has 0 radical (unpaired) electrons. The van der Waals surface area contributed by atoms with Gasteiger partial charge in [0.1, 0.15) is 6.04 Å². The molecule has 4 rings (SSSR count). The number of benzene rings is 3. The summed E-state index contributed by atoms with van der Waals surface area (Å²) in [6.07, 6.45) is 0.589. The fourth-order valence-electron chi connectivity index (χ4n) is 4.11. The molecule has 1 atom stereocenters. The van der Waals surface area contributed by atoms with Gasteiger partial charge in [-0.15, -0.1) is 0 Å². The van der Waals surface area contributed by atoms with Gasteiger partial charge in [-0.2, -0.15) is 0 Å². The zero-order valence-electron chi connectivity index (χ0n) is 19.9. The van der Waals surface area contributed by atoms with E-state index in [4.69, 9.17) is 21.7 Å². The normalized spacial score (nSPS) is 15.2. The quantitative estimate of drug-likeness (QED) is 0.274. The van der Waals surface area contributed by atoms with Crippen LogP contribution in [0.2, 0.25) is 0 Å². The van der Waals surface area contributed by atoms with Crippen molar-refractivity contribution in [3.63, 3.8) is 0 Å². The molecule has 1 saturated heterocycles. The molecule has 9 heteroatoms. The summed E-state index contributed by atoms with van der Waals surface area (Å²) in [5.41, 5.74) is 2.37. The van der Waals surface area contributed by atoms with Gasteiger partial charge in [-0.1, -0.05) is 24.3 Å². The van der Waals surface area contributed by atoms with E-state index in [1.165, 1.54) is 4.90 Å². The van der Waals surface area contributed by atoms with Crippen LogP contribution in [0.4, 0.5) is 11.4 Å². The Morgan fingerprint density at radius 3 is 2.36 bits per heavy atom. The Morgan fingerprint density at radius 1 is 1.00 bits per heavy atom. The van der Waals surface area contributed by atoms with E-state index in [2.05, 4.69) is 27.9 Å². The number of rotatable bonds is 9. The summed E-state index contributed by atoms with van der Waals surface area (Å²) in [5.74, 6) is 0.822. The Bertz CT molecular complexity index is 1250. The van der Waals surface area contributed by atoms with Gasteiger partial charge in [0, 0.05) is 15.8 Å². The number of hydrogen-bond donors (Lipinski definition) is 1. The van der Waals surface area contributed by atoms with E-state index in [-0.39, 0.29) is 18.2 Å². The van der Waals surface area contributed by atoms with Crippen molar-refractivity contribution in [1.82, 2.24) is 4.90 Å². The molecule has 1 heterocycles. The first-order chi connectivity index (χ1) is 17.4. The van der Waals surface area contributed by atoms with Crippen LogP contribution in [0.15, 0.2) is 72.8 Å². The third-order valence-electron chi connectivity index (χ3n) is 5.93. The van der Waals surface area contributed by atoms with Crippen molar-refractivity contribution in [3.05, 3.63) is 81.9 Å². The number of ether oxygens (including phenoxy) is 2. The van der Waals surface area contributed by atoms with Crippen LogP contribution in [-0.4, -0.2) is 48.6 Å². The molecule has 1 aliphatic rings. The molecule has 0 aromatic heterocycles. The molecule has 1 aliphatic heterocycles. The van der Waals surface area contributed by atoms with Crippen molar-refractivity contribution >= 4 is 63.1 Å². The second kappa shape index (κ2) is 11.7. The minimum Gasteiger partial charge on any atom is -0.493 e. The average Bonchev–Trinajstić information content (AvgIpc) is 3.12. The maximum absolute atomic E-state index is 13.5. The number of carbonyl (C=O) groups excluding carboxylic acids is 2. The van der Waals surface area contributed by atoms with Gasteiger partial charge < -0.3 is 19.7 Å². The number of hydrogen-bond acceptors (Lipinski definition) is 5. The number of para-hydroxylation sites is 1. The second-order valence-corrected chi connectivity index (χ2v) is 9.81. The Hall–Kier alpha value is -3.18. The molecular formula is C27H26IN3O4S. The predicted molar refractivity (Wildman–Crippen MR) is 153 cm³/mol. The molecule has 0 saturated carbocycles. The number of halogens is 1. The van der Waals surface area contributed by atoms with E-state index in [9.17, 15) is 9.59 Å². The van der Waals surface area contributed by atoms with Gasteiger partial charge in [0.2, 0.25) is 5.91 Å². The zero-order chi connectivity index (χ0) is 25.7. The molecule has 186 valence electrons. The van der Waals surface area contributed by atoms with E-state index >= 15 is 0 Å². The third kappa shape index (κ3) is 5.79. The maximum atomic E-state index is 13.5. The van der Waals surface area contributed by atoms with Crippen molar-refractivity contribution in [2.45, 2.75) is 18.9 Å². The van der Waals surface area contributed by atoms with Crippen LogP contribution >= 0.6 is 34.8 Å². The van der Waals surface area contributed by atoms with Gasteiger partial charge in [-0.05, 0) is 95.3 Å². The van der Waals surface area contributed by atoms with Crippen LogP contribution in [0.25, 0.3) is 0 Å². The molecule has 7 nitrogen and oxygen atoms in total. The van der Waals surface area contributed by atoms with E-state index < -0.39 is 6.04 Å². The number of anilines is 2. The average molecular weight is 615 g/mol. The fraction of sp³-hybridized carbons (Fsp3) is 0.222. The van der Waals surface area contributed by atoms with Gasteiger partial charge in [-0.25, -0.2) is 0 Å². The summed E-state index contributed by atoms with van der Waals surface area (Å²) in [7, 11) is 3.19. The molecule has 0 aliphatic carbocycles. The first-order valence-electron chi connectivity index (χ1n) is 11.4. The summed E-state index contributed by atoms with van der Waals surface area (Å²) in [6, 6.07) is 21.8. The monoisotopic (exact) mass is 615 g/mol. The predicted octanol–water partition coefficient (Wildman–Crippen LogP) is 4.88. The van der Waals surface area contributed by atoms with Gasteiger partial charge >= 0.3 is 0 Å². The Kier molecular flexibility index (Phi) is 8.42. The molecular weight excluding hydrogens is 589 g/mol. The van der Waals surface area contributed by atoms with Crippen molar-refractivity contribution < 1.29 is 19.1 Å². The van der Waals surface area contributed by atoms with Crippen LogP contribution in [-0.2, 0) is 16.0 Å². The number of nitrogens with zero attached hydrogens (tertiary/aromatic N) is 2. The summed E-state index contributed by atoms with van der Waals surface area (Å²) in [5, 5.41) is 3.28. The number of nitrogens with one attached hydrogen (secondary N) is 1. The lowest BCUT2D eigenvalue weighted by molar-refractivity contribution is -0.124. The van der Waals surface area contributed by atoms with Crippen LogP contribution in [0.3, 0.4) is 0 Å². The van der Waals surface area contributed by atoms with Crippen molar-refractivity contribution in [2.24, 2.45) is 0 Å². The van der Waals surface area contributed by atoms with Gasteiger partial charge in [0.15, 0.2) is 16.6 Å². The van der Waals surface area contributed by atoms with E-state index in [1.807, 2.05) is 77.7 Å². The molecule has 36 heavy (non-hydrogen) atoms. The smallest absolute Gasteiger partial charge is 0.256 e. The van der Waals surface area contributed by atoms with Crippen molar-refractivity contribution in [1.29, 1.82) is 0 Å². The number of carbonyl (C=O) groups is 2. The van der Waals surface area contributed by atoms with Crippen molar-refractivity contribution in [2.75, 3.05) is 31.0 Å². The minimum absolute atomic E-state index is 0.0137. The Labute approximate surface area is 229 Å². The lowest BCUT2D eigenvalue weighted by atomic mass is 10.1. The van der Waals surface area contributed by atoms with Crippen molar-refractivity contribution in [3.8, 4) is 11.5 Å². The van der Waals surface area contributed by atoms with Gasteiger partial charge in [-0.3, -0.25) is 14.5 Å². The molecule has 2 amide bonds. The molecule has 3 aromatic rings. The largest absolute Gasteiger partial charge is 0.493 e. The van der Waals surface area contributed by atoms with E-state index in [0.717, 1.165) is 9.13 Å². The Balaban J connectivity index is 1.55. The van der Waals surface area contributed by atoms with E-state index in [1.54, 1.807) is 14.2 Å². The fourth-order valence-corrected chi connectivity index (χ4v) is 4.88. The van der Waals surface area contributed by atoms with Gasteiger partial charge in [0.05, 0.1) is 26.3 Å². The highest BCUT2D eigenvalue weighted by molar-refractivity contribution is 14.1. The molecule has 1 unspecified atom stereocenters. The van der Waals surface area contributed by atoms with Gasteiger partial charge in [0.25, 0.3) is 5.91 Å². The first kappa shape index (κ1) is 25.9. The minimum atomic E-state index is -0.707. The van der Waals surface area contributed by atoms with Crippen LogP contribution < -0.4 is 19.7 Å². The van der Waals surface area contributed by atoms with E-state index in [0.29, 0.717) is 41.0 Å². The molecule has 1 N–H and O–H groups in total. The highest BCUT2D eigenvalue weighted by Crippen LogP contribution is 2.30. The number of thiocarbonyl (C=S) groups is 1. The standard InChI is InChI=1S/C27H26IN3O4S/c1-34-23-13-8-18(16-24(23)35-2)14-15-30-22(17-25(32)29-20-11-9-19(28)10-12-20)26(33)31(27(30)36)21-6-4-3-5-7-21/h3-13,16,22H,14-15,17H2,1-2H3,(H,29,32). The zero-order valence-corrected chi connectivity index (χ0v) is 22.9. The van der Waals surface area contributed by atoms with Crippen LogP contribution in [0, 0.1) is 3.57 Å². The summed E-state index contributed by atoms with van der Waals surface area (Å²) < 4.78 is 11.8. The molecule has 0 bridgehead atoms.